The smallest absolute Gasteiger partial charge is 0.243 e. The summed E-state index contributed by atoms with van der Waals surface area (Å²) in [6.45, 7) is 9.78. The van der Waals surface area contributed by atoms with Gasteiger partial charge in [-0.1, -0.05) is 19.9 Å². The van der Waals surface area contributed by atoms with Crippen LogP contribution in [-0.4, -0.2) is 37.8 Å². The predicted molar refractivity (Wildman–Crippen MR) is 110 cm³/mol. The molecule has 2 rings (SSSR count). The third-order valence-electron chi connectivity index (χ3n) is 4.64. The largest absolute Gasteiger partial charge is 0.468 e. The minimum atomic E-state index is -3.61. The van der Waals surface area contributed by atoms with E-state index in [1.165, 1.54) is 10.4 Å². The van der Waals surface area contributed by atoms with Crippen LogP contribution in [0.25, 0.3) is 0 Å². The molecule has 0 radical (unpaired) electrons. The molecule has 2 aromatic rings. The number of hydrogen-bond donors (Lipinski definition) is 2. The number of aryl methyl sites for hydroxylation is 1. The Labute approximate surface area is 167 Å². The van der Waals surface area contributed by atoms with Gasteiger partial charge in [0.2, 0.25) is 15.9 Å². The maximum absolute atomic E-state index is 12.9. The molecule has 0 saturated heterocycles. The van der Waals surface area contributed by atoms with Gasteiger partial charge in [0.15, 0.2) is 0 Å². The van der Waals surface area contributed by atoms with E-state index in [0.717, 1.165) is 5.76 Å². The van der Waals surface area contributed by atoms with Gasteiger partial charge in [0.05, 0.1) is 23.2 Å². The molecular formula is C20H29N3O4S. The maximum atomic E-state index is 12.9. The lowest BCUT2D eigenvalue weighted by atomic mass is 10.2. The topological polar surface area (TPSA) is 91.7 Å². The zero-order valence-corrected chi connectivity index (χ0v) is 17.8. The van der Waals surface area contributed by atoms with E-state index in [9.17, 15) is 13.2 Å². The number of hydrogen-bond acceptors (Lipinski definition) is 5. The van der Waals surface area contributed by atoms with Gasteiger partial charge >= 0.3 is 0 Å². The minimum absolute atomic E-state index is 0.132. The zero-order chi connectivity index (χ0) is 20.9. The molecule has 0 saturated carbocycles. The fourth-order valence-corrected chi connectivity index (χ4v) is 4.69. The molecule has 1 heterocycles. The summed E-state index contributed by atoms with van der Waals surface area (Å²) in [4.78, 5) is 12.8. The summed E-state index contributed by atoms with van der Waals surface area (Å²) in [6, 6.07) is 7.93. The normalized spacial score (nSPS) is 14.1. The number of anilines is 1. The Bertz CT molecular complexity index is 890. The Kier molecular flexibility index (Phi) is 7.40. The Morgan fingerprint density at radius 1 is 1.18 bits per heavy atom. The van der Waals surface area contributed by atoms with Crippen LogP contribution >= 0.6 is 0 Å². The first-order chi connectivity index (χ1) is 13.2. The summed E-state index contributed by atoms with van der Waals surface area (Å²) in [7, 11) is -3.61. The molecule has 154 valence electrons. The van der Waals surface area contributed by atoms with Crippen molar-refractivity contribution >= 4 is 21.6 Å². The highest BCUT2D eigenvalue weighted by Crippen LogP contribution is 2.24. The van der Waals surface area contributed by atoms with Crippen LogP contribution in [0.5, 0.6) is 0 Å². The van der Waals surface area contributed by atoms with Gasteiger partial charge in [0, 0.05) is 18.8 Å². The van der Waals surface area contributed by atoms with E-state index in [4.69, 9.17) is 4.42 Å². The van der Waals surface area contributed by atoms with Crippen LogP contribution in [-0.2, 0) is 14.8 Å². The number of benzene rings is 1. The van der Waals surface area contributed by atoms with Crippen molar-refractivity contribution in [1.29, 1.82) is 0 Å². The summed E-state index contributed by atoms with van der Waals surface area (Å²) in [6.07, 6.45) is 1.59. The summed E-state index contributed by atoms with van der Waals surface area (Å²) >= 11 is 0. The van der Waals surface area contributed by atoms with Gasteiger partial charge in [0.25, 0.3) is 0 Å². The molecule has 0 fully saturated rings. The number of sulfonamides is 1. The van der Waals surface area contributed by atoms with Gasteiger partial charge in [-0.25, -0.2) is 8.42 Å². The van der Waals surface area contributed by atoms with Gasteiger partial charge in [0.1, 0.15) is 5.76 Å². The van der Waals surface area contributed by atoms with Crippen LogP contribution in [0.4, 0.5) is 5.69 Å². The van der Waals surface area contributed by atoms with E-state index >= 15 is 0 Å². The molecule has 2 atom stereocenters. The molecule has 8 heteroatoms. The minimum Gasteiger partial charge on any atom is -0.468 e. The van der Waals surface area contributed by atoms with Crippen LogP contribution in [0.3, 0.4) is 0 Å². The lowest BCUT2D eigenvalue weighted by Crippen LogP contribution is -2.39. The molecule has 0 spiro atoms. The molecule has 0 unspecified atom stereocenters. The molecule has 0 aliphatic rings. The first-order valence-electron chi connectivity index (χ1n) is 9.41. The lowest BCUT2D eigenvalue weighted by Gasteiger charge is -2.21. The molecule has 28 heavy (non-hydrogen) atoms. The van der Waals surface area contributed by atoms with Gasteiger partial charge in [-0.2, -0.15) is 4.31 Å². The zero-order valence-electron chi connectivity index (χ0n) is 17.0. The Hall–Kier alpha value is -2.16. The van der Waals surface area contributed by atoms with Crippen molar-refractivity contribution in [3.63, 3.8) is 0 Å². The number of furan rings is 1. The lowest BCUT2D eigenvalue weighted by molar-refractivity contribution is -0.118. The first-order valence-corrected chi connectivity index (χ1v) is 10.9. The highest BCUT2D eigenvalue weighted by Gasteiger charge is 2.24. The molecule has 0 aliphatic carbocycles. The van der Waals surface area contributed by atoms with Crippen LogP contribution < -0.4 is 10.6 Å². The van der Waals surface area contributed by atoms with Crippen molar-refractivity contribution in [3.8, 4) is 0 Å². The van der Waals surface area contributed by atoms with Crippen molar-refractivity contribution in [3.05, 3.63) is 47.9 Å². The predicted octanol–water partition coefficient (Wildman–Crippen LogP) is 3.30. The fourth-order valence-electron chi connectivity index (χ4n) is 2.98. The van der Waals surface area contributed by atoms with E-state index in [-0.39, 0.29) is 16.8 Å². The monoisotopic (exact) mass is 407 g/mol. The molecule has 1 aromatic carbocycles. The number of nitrogens with one attached hydrogen (secondary N) is 2. The molecule has 0 aliphatic heterocycles. The molecular weight excluding hydrogens is 378 g/mol. The highest BCUT2D eigenvalue weighted by molar-refractivity contribution is 7.89. The van der Waals surface area contributed by atoms with Gasteiger partial charge in [-0.15, -0.1) is 0 Å². The fraction of sp³-hybridized carbons (Fsp3) is 0.450. The van der Waals surface area contributed by atoms with E-state index in [1.807, 2.05) is 13.0 Å². The van der Waals surface area contributed by atoms with E-state index in [0.29, 0.717) is 24.3 Å². The molecule has 2 N–H and O–H groups in total. The number of rotatable bonds is 9. The summed E-state index contributed by atoms with van der Waals surface area (Å²) < 4.78 is 32.4. The SMILES string of the molecule is CCN(CC)S(=O)(=O)c1cc(NC(=O)[C@H](C)N[C@H](C)c2ccco2)ccc1C. The van der Waals surface area contributed by atoms with Gasteiger partial charge < -0.3 is 9.73 Å². The van der Waals surface area contributed by atoms with Crippen LogP contribution in [0.2, 0.25) is 0 Å². The third kappa shape index (κ3) is 5.01. The van der Waals surface area contributed by atoms with Gasteiger partial charge in [-0.05, 0) is 50.6 Å². The molecule has 1 amide bonds. The third-order valence-corrected chi connectivity index (χ3v) is 6.83. The van der Waals surface area contributed by atoms with Crippen molar-refractivity contribution < 1.29 is 17.6 Å². The molecule has 0 bridgehead atoms. The highest BCUT2D eigenvalue weighted by atomic mass is 32.2. The van der Waals surface area contributed by atoms with Crippen molar-refractivity contribution in [2.45, 2.75) is 51.6 Å². The summed E-state index contributed by atoms with van der Waals surface area (Å²) in [5.41, 5.74) is 1.09. The average Bonchev–Trinajstić information content (AvgIpc) is 3.18. The van der Waals surface area contributed by atoms with E-state index < -0.39 is 16.1 Å². The Balaban J connectivity index is 2.15. The standard InChI is InChI=1S/C20H29N3O4S/c1-6-23(7-2)28(25,26)19-13-17(11-10-14(19)3)22-20(24)16(5)21-15(4)18-9-8-12-27-18/h8-13,15-16,21H,6-7H2,1-5H3,(H,22,24)/t15-,16+/m1/s1. The van der Waals surface area contributed by atoms with Crippen LogP contribution in [0.1, 0.15) is 45.1 Å². The van der Waals surface area contributed by atoms with E-state index in [1.54, 1.807) is 52.2 Å². The Morgan fingerprint density at radius 3 is 2.43 bits per heavy atom. The second kappa shape index (κ2) is 9.36. The summed E-state index contributed by atoms with van der Waals surface area (Å²) in [5, 5.41) is 5.95. The summed E-state index contributed by atoms with van der Waals surface area (Å²) in [5.74, 6) is 0.482. The average molecular weight is 408 g/mol. The second-order valence-corrected chi connectivity index (χ2v) is 8.59. The number of carbonyl (C=O) groups excluding carboxylic acids is 1. The first kappa shape index (κ1) is 22.1. The maximum Gasteiger partial charge on any atom is 0.243 e. The van der Waals surface area contributed by atoms with Crippen molar-refractivity contribution in [2.24, 2.45) is 0 Å². The number of amides is 1. The quantitative estimate of drug-likeness (QED) is 0.665. The van der Waals surface area contributed by atoms with Crippen LogP contribution in [0.15, 0.2) is 45.9 Å². The Morgan fingerprint density at radius 2 is 1.86 bits per heavy atom. The van der Waals surface area contributed by atoms with Crippen molar-refractivity contribution in [1.82, 2.24) is 9.62 Å². The van der Waals surface area contributed by atoms with Crippen molar-refractivity contribution in [2.75, 3.05) is 18.4 Å². The molecule has 1 aromatic heterocycles. The number of carbonyl (C=O) groups is 1. The number of nitrogens with zero attached hydrogens (tertiary/aromatic N) is 1. The van der Waals surface area contributed by atoms with Gasteiger partial charge in [-0.3, -0.25) is 10.1 Å². The van der Waals surface area contributed by atoms with E-state index in [2.05, 4.69) is 10.6 Å². The molecule has 7 nitrogen and oxygen atoms in total. The second-order valence-electron chi connectivity index (χ2n) is 6.68. The van der Waals surface area contributed by atoms with Crippen LogP contribution in [0, 0.1) is 6.92 Å².